The SMILES string of the molecule is Cc1ccc(OCCC(=O)Nc2ccc(N(C)CCO)cc2)cc1C. The molecule has 0 fully saturated rings. The van der Waals surface area contributed by atoms with Crippen LogP contribution >= 0.6 is 0 Å². The zero-order valence-electron chi connectivity index (χ0n) is 15.1. The van der Waals surface area contributed by atoms with E-state index < -0.39 is 0 Å². The molecule has 0 aromatic heterocycles. The van der Waals surface area contributed by atoms with Crippen LogP contribution in [-0.2, 0) is 4.79 Å². The number of likely N-dealkylation sites (N-methyl/N-ethyl adjacent to an activating group) is 1. The zero-order valence-corrected chi connectivity index (χ0v) is 15.1. The number of aliphatic hydroxyl groups excluding tert-OH is 1. The van der Waals surface area contributed by atoms with Crippen molar-refractivity contribution in [3.05, 3.63) is 53.6 Å². The Balaban J connectivity index is 1.78. The highest BCUT2D eigenvalue weighted by Gasteiger charge is 2.05. The Morgan fingerprint density at radius 2 is 1.84 bits per heavy atom. The van der Waals surface area contributed by atoms with Crippen LogP contribution in [0.5, 0.6) is 5.75 Å². The van der Waals surface area contributed by atoms with Crippen molar-refractivity contribution in [2.45, 2.75) is 20.3 Å². The molecule has 2 N–H and O–H groups in total. The highest BCUT2D eigenvalue weighted by atomic mass is 16.5. The van der Waals surface area contributed by atoms with Crippen LogP contribution in [0.25, 0.3) is 0 Å². The van der Waals surface area contributed by atoms with E-state index in [4.69, 9.17) is 9.84 Å². The van der Waals surface area contributed by atoms with E-state index in [0.717, 1.165) is 17.1 Å². The summed E-state index contributed by atoms with van der Waals surface area (Å²) in [7, 11) is 1.91. The second-order valence-corrected chi connectivity index (χ2v) is 6.08. The van der Waals surface area contributed by atoms with Gasteiger partial charge in [0, 0.05) is 25.0 Å². The smallest absolute Gasteiger partial charge is 0.227 e. The molecule has 1 amide bonds. The first kappa shape index (κ1) is 18.8. The number of amides is 1. The molecule has 5 heteroatoms. The van der Waals surface area contributed by atoms with Crippen molar-refractivity contribution >= 4 is 17.3 Å². The summed E-state index contributed by atoms with van der Waals surface area (Å²) in [4.78, 5) is 14.0. The number of rotatable bonds is 8. The lowest BCUT2D eigenvalue weighted by molar-refractivity contribution is -0.116. The van der Waals surface area contributed by atoms with Gasteiger partial charge < -0.3 is 20.1 Å². The fourth-order valence-electron chi connectivity index (χ4n) is 2.37. The summed E-state index contributed by atoms with van der Waals surface area (Å²) in [6.45, 7) is 5.11. The van der Waals surface area contributed by atoms with Gasteiger partial charge in [-0.1, -0.05) is 6.07 Å². The number of nitrogens with one attached hydrogen (secondary N) is 1. The van der Waals surface area contributed by atoms with Gasteiger partial charge in [0.1, 0.15) is 5.75 Å². The Hall–Kier alpha value is -2.53. The molecule has 0 bridgehead atoms. The summed E-state index contributed by atoms with van der Waals surface area (Å²) in [5, 5.41) is 11.8. The summed E-state index contributed by atoms with van der Waals surface area (Å²) in [5.74, 6) is 0.701. The predicted molar refractivity (Wildman–Crippen MR) is 101 cm³/mol. The van der Waals surface area contributed by atoms with Gasteiger partial charge in [-0.25, -0.2) is 0 Å². The van der Waals surface area contributed by atoms with Crippen LogP contribution in [0, 0.1) is 13.8 Å². The Morgan fingerprint density at radius 1 is 1.12 bits per heavy atom. The molecule has 0 spiro atoms. The van der Waals surface area contributed by atoms with E-state index in [9.17, 15) is 4.79 Å². The molecule has 0 radical (unpaired) electrons. The van der Waals surface area contributed by atoms with Gasteiger partial charge in [0.15, 0.2) is 0 Å². The first-order chi connectivity index (χ1) is 12.0. The first-order valence-electron chi connectivity index (χ1n) is 8.41. The largest absolute Gasteiger partial charge is 0.493 e. The van der Waals surface area contributed by atoms with Gasteiger partial charge in [-0.05, 0) is 61.4 Å². The third-order valence-electron chi connectivity index (χ3n) is 4.10. The fraction of sp³-hybridized carbons (Fsp3) is 0.350. The van der Waals surface area contributed by atoms with Crippen LogP contribution in [0.2, 0.25) is 0 Å². The van der Waals surface area contributed by atoms with Gasteiger partial charge in [-0.15, -0.1) is 0 Å². The Kier molecular flexibility index (Phi) is 6.83. The molecule has 0 unspecified atom stereocenters. The lowest BCUT2D eigenvalue weighted by Gasteiger charge is -2.18. The Morgan fingerprint density at radius 3 is 2.48 bits per heavy atom. The maximum atomic E-state index is 12.0. The number of anilines is 2. The number of aliphatic hydroxyl groups is 1. The highest BCUT2D eigenvalue weighted by Crippen LogP contribution is 2.18. The van der Waals surface area contributed by atoms with Crippen LogP contribution in [0.1, 0.15) is 17.5 Å². The molecule has 5 nitrogen and oxygen atoms in total. The second kappa shape index (κ2) is 9.08. The molecule has 134 valence electrons. The molecule has 2 aromatic carbocycles. The Labute approximate surface area is 149 Å². The van der Waals surface area contributed by atoms with Crippen molar-refractivity contribution in [1.82, 2.24) is 0 Å². The maximum Gasteiger partial charge on any atom is 0.227 e. The van der Waals surface area contributed by atoms with Crippen molar-refractivity contribution < 1.29 is 14.6 Å². The van der Waals surface area contributed by atoms with Gasteiger partial charge in [-0.3, -0.25) is 4.79 Å². The van der Waals surface area contributed by atoms with E-state index in [1.807, 2.05) is 61.3 Å². The fourth-order valence-corrected chi connectivity index (χ4v) is 2.37. The number of carbonyl (C=O) groups excluding carboxylic acids is 1. The van der Waals surface area contributed by atoms with E-state index in [-0.39, 0.29) is 12.5 Å². The van der Waals surface area contributed by atoms with E-state index in [2.05, 4.69) is 12.2 Å². The molecule has 2 rings (SSSR count). The molecule has 0 aliphatic rings. The zero-order chi connectivity index (χ0) is 18.2. The lowest BCUT2D eigenvalue weighted by atomic mass is 10.1. The van der Waals surface area contributed by atoms with E-state index in [1.165, 1.54) is 11.1 Å². The minimum absolute atomic E-state index is 0.0831. The number of aryl methyl sites for hydroxylation is 2. The summed E-state index contributed by atoms with van der Waals surface area (Å²) in [6, 6.07) is 13.4. The normalized spacial score (nSPS) is 10.4. The van der Waals surface area contributed by atoms with Crippen LogP contribution in [0.4, 0.5) is 11.4 Å². The second-order valence-electron chi connectivity index (χ2n) is 6.08. The first-order valence-corrected chi connectivity index (χ1v) is 8.41. The summed E-state index contributed by atoms with van der Waals surface area (Å²) in [5.41, 5.74) is 4.13. The molecule has 0 heterocycles. The maximum absolute atomic E-state index is 12.0. The molecule has 25 heavy (non-hydrogen) atoms. The van der Waals surface area contributed by atoms with E-state index in [0.29, 0.717) is 19.6 Å². The molecular formula is C20H26N2O3. The summed E-state index contributed by atoms with van der Waals surface area (Å²) >= 11 is 0. The molecule has 2 aromatic rings. The minimum Gasteiger partial charge on any atom is -0.493 e. The third-order valence-corrected chi connectivity index (χ3v) is 4.10. The van der Waals surface area contributed by atoms with Crippen molar-refractivity contribution in [2.24, 2.45) is 0 Å². The number of carbonyl (C=O) groups is 1. The van der Waals surface area contributed by atoms with Gasteiger partial charge in [0.2, 0.25) is 5.91 Å². The number of nitrogens with zero attached hydrogens (tertiary/aromatic N) is 1. The van der Waals surface area contributed by atoms with Crippen molar-refractivity contribution in [3.8, 4) is 5.75 Å². The van der Waals surface area contributed by atoms with Gasteiger partial charge in [-0.2, -0.15) is 0 Å². The van der Waals surface area contributed by atoms with E-state index >= 15 is 0 Å². The molecule has 0 saturated heterocycles. The average molecular weight is 342 g/mol. The van der Waals surface area contributed by atoms with Crippen LogP contribution < -0.4 is 15.0 Å². The number of hydrogen-bond acceptors (Lipinski definition) is 4. The van der Waals surface area contributed by atoms with E-state index in [1.54, 1.807) is 0 Å². The molecule has 0 aliphatic carbocycles. The number of hydrogen-bond donors (Lipinski definition) is 2. The third kappa shape index (κ3) is 5.80. The summed E-state index contributed by atoms with van der Waals surface area (Å²) < 4.78 is 5.64. The van der Waals surface area contributed by atoms with Gasteiger partial charge in [0.05, 0.1) is 19.6 Å². The monoisotopic (exact) mass is 342 g/mol. The minimum atomic E-state index is -0.0831. The summed E-state index contributed by atoms with van der Waals surface area (Å²) in [6.07, 6.45) is 0.291. The molecule has 0 saturated carbocycles. The van der Waals surface area contributed by atoms with Crippen LogP contribution in [-0.4, -0.2) is 37.8 Å². The molecule has 0 aliphatic heterocycles. The Bertz CT molecular complexity index is 699. The average Bonchev–Trinajstić information content (AvgIpc) is 2.59. The standard InChI is InChI=1S/C20H26N2O3/c1-15-4-9-19(14-16(15)2)25-13-10-20(24)21-17-5-7-18(8-6-17)22(3)11-12-23/h4-9,14,23H,10-13H2,1-3H3,(H,21,24). The van der Waals surface area contributed by atoms with Crippen LogP contribution in [0.3, 0.4) is 0 Å². The topological polar surface area (TPSA) is 61.8 Å². The molecular weight excluding hydrogens is 316 g/mol. The van der Waals surface area contributed by atoms with Crippen LogP contribution in [0.15, 0.2) is 42.5 Å². The lowest BCUT2D eigenvalue weighted by Crippen LogP contribution is -2.21. The number of ether oxygens (including phenoxy) is 1. The highest BCUT2D eigenvalue weighted by molar-refractivity contribution is 5.90. The van der Waals surface area contributed by atoms with Crippen molar-refractivity contribution in [2.75, 3.05) is 37.0 Å². The number of benzene rings is 2. The van der Waals surface area contributed by atoms with Crippen molar-refractivity contribution in [1.29, 1.82) is 0 Å². The predicted octanol–water partition coefficient (Wildman–Crippen LogP) is 3.14. The van der Waals surface area contributed by atoms with Gasteiger partial charge >= 0.3 is 0 Å². The molecule has 0 atom stereocenters. The van der Waals surface area contributed by atoms with Gasteiger partial charge in [0.25, 0.3) is 0 Å². The quantitative estimate of drug-likeness (QED) is 0.774. The van der Waals surface area contributed by atoms with Crippen molar-refractivity contribution in [3.63, 3.8) is 0 Å².